The van der Waals surface area contributed by atoms with Gasteiger partial charge in [0.25, 0.3) is 0 Å². The van der Waals surface area contributed by atoms with Crippen molar-refractivity contribution < 1.29 is 9.66 Å². The van der Waals surface area contributed by atoms with Crippen LogP contribution in [0.3, 0.4) is 0 Å². The van der Waals surface area contributed by atoms with Crippen molar-refractivity contribution in [1.82, 2.24) is 0 Å². The van der Waals surface area contributed by atoms with E-state index in [4.69, 9.17) is 4.74 Å². The van der Waals surface area contributed by atoms with E-state index in [1.54, 1.807) is 18.2 Å². The Labute approximate surface area is 119 Å². The fourth-order valence-corrected chi connectivity index (χ4v) is 3.07. The number of nitro benzene ring substituents is 1. The van der Waals surface area contributed by atoms with Crippen molar-refractivity contribution in [1.29, 1.82) is 0 Å². The van der Waals surface area contributed by atoms with Crippen LogP contribution in [-0.2, 0) is 0 Å². The van der Waals surface area contributed by atoms with Gasteiger partial charge in [0.05, 0.1) is 12.0 Å². The minimum absolute atomic E-state index is 0.0285. The summed E-state index contributed by atoms with van der Waals surface area (Å²) in [5.74, 6) is 1.56. The Balaban J connectivity index is 2.23. The van der Waals surface area contributed by atoms with Crippen LogP contribution in [0.4, 0.5) is 11.4 Å². The molecule has 1 N–H and O–H groups in total. The molecule has 1 aliphatic carbocycles. The first kappa shape index (κ1) is 14.6. The van der Waals surface area contributed by atoms with E-state index < -0.39 is 0 Å². The lowest BCUT2D eigenvalue weighted by atomic mass is 9.80. The van der Waals surface area contributed by atoms with Gasteiger partial charge < -0.3 is 10.1 Å². The minimum Gasteiger partial charge on any atom is -0.490 e. The van der Waals surface area contributed by atoms with E-state index in [1.165, 1.54) is 13.5 Å². The van der Waals surface area contributed by atoms with Crippen molar-refractivity contribution in [3.63, 3.8) is 0 Å². The number of nitro groups is 1. The fraction of sp³-hybridized carbons (Fsp3) is 0.600. The maximum Gasteiger partial charge on any atom is 0.333 e. The summed E-state index contributed by atoms with van der Waals surface area (Å²) in [5.41, 5.74) is 0.585. The fourth-order valence-electron chi connectivity index (χ4n) is 3.07. The number of ether oxygens (including phenoxy) is 1. The number of benzene rings is 1. The van der Waals surface area contributed by atoms with Gasteiger partial charge in [0, 0.05) is 6.04 Å². The molecule has 0 aliphatic heterocycles. The molecule has 5 heteroatoms. The molecule has 110 valence electrons. The summed E-state index contributed by atoms with van der Waals surface area (Å²) in [6, 6.07) is 5.45. The van der Waals surface area contributed by atoms with Crippen molar-refractivity contribution in [3.8, 4) is 5.75 Å². The highest BCUT2D eigenvalue weighted by Gasteiger charge is 2.28. The molecule has 0 spiro atoms. The molecule has 0 radical (unpaired) electrons. The van der Waals surface area contributed by atoms with Crippen LogP contribution in [0.25, 0.3) is 0 Å². The van der Waals surface area contributed by atoms with Crippen LogP contribution in [0.1, 0.15) is 33.1 Å². The summed E-state index contributed by atoms with van der Waals surface area (Å²) in [4.78, 5) is 10.9. The van der Waals surface area contributed by atoms with Crippen molar-refractivity contribution in [3.05, 3.63) is 28.3 Å². The molecule has 3 unspecified atom stereocenters. The number of anilines is 1. The van der Waals surface area contributed by atoms with E-state index in [2.05, 4.69) is 19.2 Å². The minimum atomic E-state index is -0.378. The molecule has 2 rings (SSSR count). The van der Waals surface area contributed by atoms with Gasteiger partial charge in [-0.1, -0.05) is 19.9 Å². The van der Waals surface area contributed by atoms with Gasteiger partial charge in [-0.15, -0.1) is 0 Å². The Kier molecular flexibility index (Phi) is 4.47. The first-order chi connectivity index (χ1) is 9.52. The molecule has 0 bridgehead atoms. The summed E-state index contributed by atoms with van der Waals surface area (Å²) < 4.78 is 5.10. The average Bonchev–Trinajstić information content (AvgIpc) is 2.41. The van der Waals surface area contributed by atoms with Gasteiger partial charge in [-0.25, -0.2) is 0 Å². The molecule has 1 aromatic carbocycles. The van der Waals surface area contributed by atoms with Crippen molar-refractivity contribution in [2.24, 2.45) is 11.8 Å². The molecular weight excluding hydrogens is 256 g/mol. The molecule has 5 nitrogen and oxygen atoms in total. The van der Waals surface area contributed by atoms with Crippen LogP contribution in [0.15, 0.2) is 18.2 Å². The SMILES string of the molecule is COc1cccc(NC2CCC(C)CC2C)c1[N+](=O)[O-]. The standard InChI is InChI=1S/C15H22N2O3/c1-10-7-8-12(11(2)9-10)16-13-5-4-6-14(20-3)15(13)17(18)19/h4-6,10-12,16H,7-9H2,1-3H3. The lowest BCUT2D eigenvalue weighted by molar-refractivity contribution is -0.384. The molecule has 3 atom stereocenters. The van der Waals surface area contributed by atoms with Gasteiger partial charge in [-0.05, 0) is 43.2 Å². The second-order valence-corrected chi connectivity index (χ2v) is 5.76. The van der Waals surface area contributed by atoms with Crippen molar-refractivity contribution >= 4 is 11.4 Å². The zero-order valence-electron chi connectivity index (χ0n) is 12.3. The second-order valence-electron chi connectivity index (χ2n) is 5.76. The van der Waals surface area contributed by atoms with E-state index in [0.29, 0.717) is 17.4 Å². The number of rotatable bonds is 4. The Morgan fingerprint density at radius 2 is 2.10 bits per heavy atom. The van der Waals surface area contributed by atoms with Crippen LogP contribution in [0.5, 0.6) is 5.75 Å². The maximum atomic E-state index is 11.3. The zero-order valence-corrected chi connectivity index (χ0v) is 12.3. The van der Waals surface area contributed by atoms with Crippen molar-refractivity contribution in [2.45, 2.75) is 39.2 Å². The van der Waals surface area contributed by atoms with Crippen LogP contribution >= 0.6 is 0 Å². The monoisotopic (exact) mass is 278 g/mol. The first-order valence-corrected chi connectivity index (χ1v) is 7.10. The van der Waals surface area contributed by atoms with E-state index in [9.17, 15) is 10.1 Å². The number of nitrogens with zero attached hydrogens (tertiary/aromatic N) is 1. The third-order valence-corrected chi connectivity index (χ3v) is 4.17. The highest BCUT2D eigenvalue weighted by Crippen LogP contribution is 2.37. The molecule has 0 aromatic heterocycles. The Bertz CT molecular complexity index is 490. The number of nitrogens with one attached hydrogen (secondary N) is 1. The predicted molar refractivity (Wildman–Crippen MR) is 79.2 cm³/mol. The van der Waals surface area contributed by atoms with Crippen LogP contribution in [0.2, 0.25) is 0 Å². The third kappa shape index (κ3) is 3.03. The lowest BCUT2D eigenvalue weighted by Crippen LogP contribution is -2.33. The molecule has 0 heterocycles. The summed E-state index contributed by atoms with van der Waals surface area (Å²) in [7, 11) is 1.46. The maximum absolute atomic E-state index is 11.3. The van der Waals surface area contributed by atoms with Gasteiger partial charge in [0.2, 0.25) is 0 Å². The number of hydrogen-bond donors (Lipinski definition) is 1. The average molecular weight is 278 g/mol. The molecular formula is C15H22N2O3. The molecule has 0 amide bonds. The molecule has 1 saturated carbocycles. The number of methoxy groups -OCH3 is 1. The zero-order chi connectivity index (χ0) is 14.7. The van der Waals surface area contributed by atoms with E-state index >= 15 is 0 Å². The highest BCUT2D eigenvalue weighted by atomic mass is 16.6. The molecule has 1 fully saturated rings. The van der Waals surface area contributed by atoms with Gasteiger partial charge >= 0.3 is 5.69 Å². The summed E-state index contributed by atoms with van der Waals surface area (Å²) in [5, 5.41) is 14.6. The Morgan fingerprint density at radius 3 is 2.70 bits per heavy atom. The molecule has 0 saturated heterocycles. The van der Waals surface area contributed by atoms with Gasteiger partial charge in [-0.2, -0.15) is 0 Å². The predicted octanol–water partition coefficient (Wildman–Crippen LogP) is 3.84. The first-order valence-electron chi connectivity index (χ1n) is 7.10. The summed E-state index contributed by atoms with van der Waals surface area (Å²) in [6.45, 7) is 4.47. The van der Waals surface area contributed by atoms with Gasteiger partial charge in [0.15, 0.2) is 5.75 Å². The smallest absolute Gasteiger partial charge is 0.333 e. The summed E-state index contributed by atoms with van der Waals surface area (Å²) in [6.07, 6.45) is 3.38. The largest absolute Gasteiger partial charge is 0.490 e. The van der Waals surface area contributed by atoms with Crippen molar-refractivity contribution in [2.75, 3.05) is 12.4 Å². The third-order valence-electron chi connectivity index (χ3n) is 4.17. The molecule has 1 aromatic rings. The van der Waals surface area contributed by atoms with Gasteiger partial charge in [0.1, 0.15) is 5.69 Å². The highest BCUT2D eigenvalue weighted by molar-refractivity contribution is 5.68. The Morgan fingerprint density at radius 1 is 1.35 bits per heavy atom. The van der Waals surface area contributed by atoms with E-state index in [0.717, 1.165) is 18.8 Å². The quantitative estimate of drug-likeness (QED) is 0.671. The van der Waals surface area contributed by atoms with Gasteiger partial charge in [-0.3, -0.25) is 10.1 Å². The summed E-state index contributed by atoms with van der Waals surface area (Å²) >= 11 is 0. The van der Waals surface area contributed by atoms with E-state index in [1.807, 2.05) is 0 Å². The topological polar surface area (TPSA) is 64.4 Å². The normalized spacial score (nSPS) is 26.1. The number of hydrogen-bond acceptors (Lipinski definition) is 4. The van der Waals surface area contributed by atoms with Crippen LogP contribution in [0, 0.1) is 22.0 Å². The van der Waals surface area contributed by atoms with Crippen LogP contribution < -0.4 is 10.1 Å². The van der Waals surface area contributed by atoms with Crippen LogP contribution in [-0.4, -0.2) is 18.1 Å². The molecule has 1 aliphatic rings. The second kappa shape index (κ2) is 6.11. The lowest BCUT2D eigenvalue weighted by Gasteiger charge is -2.33. The van der Waals surface area contributed by atoms with E-state index in [-0.39, 0.29) is 16.7 Å². The Hall–Kier alpha value is -1.78. The number of para-hydroxylation sites is 1. The molecule has 20 heavy (non-hydrogen) atoms.